The molecule has 0 aliphatic heterocycles. The highest BCUT2D eigenvalue weighted by molar-refractivity contribution is 5.69. The Morgan fingerprint density at radius 2 is 2.00 bits per heavy atom. The van der Waals surface area contributed by atoms with Crippen LogP contribution in [0.1, 0.15) is 13.8 Å². The van der Waals surface area contributed by atoms with E-state index < -0.39 is 12.6 Å². The number of methoxy groups -OCH3 is 1. The van der Waals surface area contributed by atoms with Gasteiger partial charge >= 0.3 is 6.29 Å². The maximum absolute atomic E-state index is 12.3. The molecular weight excluding hydrogens is 172 g/mol. The Hall–Kier alpha value is -0.750. The van der Waals surface area contributed by atoms with Crippen molar-refractivity contribution >= 4 is 5.90 Å². The summed E-state index contributed by atoms with van der Waals surface area (Å²) in [5.41, 5.74) is 0. The number of rotatable bonds is 4. The molecule has 6 heteroatoms. The summed E-state index contributed by atoms with van der Waals surface area (Å²) in [6, 6.07) is 0. The zero-order valence-electron chi connectivity index (χ0n) is 7.06. The van der Waals surface area contributed by atoms with Crippen molar-refractivity contribution in [2.45, 2.75) is 26.4 Å². The highest BCUT2D eigenvalue weighted by atomic mass is 19.3. The lowest BCUT2D eigenvalue weighted by molar-refractivity contribution is -0.414. The predicted octanol–water partition coefficient (Wildman–Crippen LogP) is 1.56. The molecule has 0 aromatic rings. The Morgan fingerprint density at radius 3 is 2.33 bits per heavy atom. The third kappa shape index (κ3) is 4.97. The Kier molecular flexibility index (Phi) is 4.05. The quantitative estimate of drug-likeness (QED) is 0.408. The second kappa shape index (κ2) is 4.32. The number of halogens is 2. The Bertz CT molecular complexity index is 163. The predicted molar refractivity (Wildman–Crippen MR) is 37.0 cm³/mol. The van der Waals surface area contributed by atoms with Crippen LogP contribution in [0.4, 0.5) is 8.78 Å². The van der Waals surface area contributed by atoms with Crippen LogP contribution in [0.15, 0.2) is 0 Å². The van der Waals surface area contributed by atoms with E-state index in [1.165, 1.54) is 13.8 Å². The van der Waals surface area contributed by atoms with Crippen molar-refractivity contribution in [1.82, 2.24) is 0 Å². The lowest BCUT2D eigenvalue weighted by Gasteiger charge is -2.19. The van der Waals surface area contributed by atoms with E-state index >= 15 is 0 Å². The van der Waals surface area contributed by atoms with Gasteiger partial charge in [0.15, 0.2) is 5.90 Å². The van der Waals surface area contributed by atoms with Crippen LogP contribution in [0.5, 0.6) is 0 Å². The van der Waals surface area contributed by atoms with Crippen LogP contribution in [0.3, 0.4) is 0 Å². The first-order valence-electron chi connectivity index (χ1n) is 3.20. The fourth-order valence-electron chi connectivity index (χ4n) is 0.514. The number of hydrogen-bond donors (Lipinski definition) is 1. The fourth-order valence-corrected chi connectivity index (χ4v) is 0.514. The second-order valence-corrected chi connectivity index (χ2v) is 2.03. The summed E-state index contributed by atoms with van der Waals surface area (Å²) in [6.45, 7) is 2.55. The second-order valence-electron chi connectivity index (χ2n) is 2.03. The van der Waals surface area contributed by atoms with E-state index in [2.05, 4.69) is 14.2 Å². The summed E-state index contributed by atoms with van der Waals surface area (Å²) in [7, 11) is 0.810. The Labute approximate surface area is 68.9 Å². The minimum atomic E-state index is -3.67. The van der Waals surface area contributed by atoms with E-state index in [1.54, 1.807) is 0 Å². The maximum Gasteiger partial charge on any atom is 0.488 e. The first-order chi connectivity index (χ1) is 5.37. The SMILES string of the molecule is COC(F)(F)OC(C)OC(C)=N. The molecule has 1 atom stereocenters. The average molecular weight is 183 g/mol. The van der Waals surface area contributed by atoms with E-state index in [0.717, 1.165) is 7.11 Å². The lowest BCUT2D eigenvalue weighted by Crippen LogP contribution is -2.30. The summed E-state index contributed by atoms with van der Waals surface area (Å²) in [4.78, 5) is 0. The summed E-state index contributed by atoms with van der Waals surface area (Å²) in [5.74, 6) is -0.200. The summed E-state index contributed by atoms with van der Waals surface area (Å²) >= 11 is 0. The molecule has 1 N–H and O–H groups in total. The molecule has 72 valence electrons. The largest absolute Gasteiger partial charge is 0.488 e. The van der Waals surface area contributed by atoms with Crippen LogP contribution in [0, 0.1) is 5.41 Å². The molecule has 4 nitrogen and oxygen atoms in total. The van der Waals surface area contributed by atoms with E-state index in [1.807, 2.05) is 0 Å². The molecule has 0 heterocycles. The highest BCUT2D eigenvalue weighted by Crippen LogP contribution is 2.18. The van der Waals surface area contributed by atoms with Crippen LogP contribution in [0.2, 0.25) is 0 Å². The number of alkyl halides is 2. The molecule has 0 fully saturated rings. The number of ether oxygens (including phenoxy) is 3. The van der Waals surface area contributed by atoms with Crippen LogP contribution < -0.4 is 0 Å². The third-order valence-corrected chi connectivity index (χ3v) is 0.884. The molecule has 0 rings (SSSR count). The van der Waals surface area contributed by atoms with Gasteiger partial charge in [-0.15, -0.1) is 8.78 Å². The van der Waals surface area contributed by atoms with Crippen molar-refractivity contribution in [2.75, 3.05) is 7.11 Å². The van der Waals surface area contributed by atoms with Gasteiger partial charge in [-0.3, -0.25) is 14.9 Å². The van der Waals surface area contributed by atoms with Crippen LogP contribution >= 0.6 is 0 Å². The van der Waals surface area contributed by atoms with Gasteiger partial charge in [-0.2, -0.15) is 0 Å². The zero-order chi connectivity index (χ0) is 9.78. The average Bonchev–Trinajstić information content (AvgIpc) is 1.84. The topological polar surface area (TPSA) is 51.5 Å². The van der Waals surface area contributed by atoms with Gasteiger partial charge in [-0.1, -0.05) is 0 Å². The molecular formula is C6H11F2NO3. The van der Waals surface area contributed by atoms with Gasteiger partial charge < -0.3 is 4.74 Å². The van der Waals surface area contributed by atoms with E-state index in [4.69, 9.17) is 5.41 Å². The molecule has 0 aromatic heterocycles. The molecule has 0 bridgehead atoms. The molecule has 1 unspecified atom stereocenters. The van der Waals surface area contributed by atoms with Crippen molar-refractivity contribution in [3.63, 3.8) is 0 Å². The lowest BCUT2D eigenvalue weighted by atomic mass is 10.7. The number of nitrogens with one attached hydrogen (secondary N) is 1. The molecule has 0 saturated heterocycles. The highest BCUT2D eigenvalue weighted by Gasteiger charge is 2.33. The van der Waals surface area contributed by atoms with E-state index in [9.17, 15) is 8.78 Å². The fraction of sp³-hybridized carbons (Fsp3) is 0.833. The minimum Gasteiger partial charge on any atom is -0.453 e. The molecule has 0 aliphatic carbocycles. The summed E-state index contributed by atoms with van der Waals surface area (Å²) in [5, 5.41) is 6.80. The monoisotopic (exact) mass is 183 g/mol. The van der Waals surface area contributed by atoms with Crippen LogP contribution in [-0.4, -0.2) is 25.6 Å². The van der Waals surface area contributed by atoms with Crippen molar-refractivity contribution in [1.29, 1.82) is 5.41 Å². The molecule has 12 heavy (non-hydrogen) atoms. The molecule has 0 radical (unpaired) electrons. The van der Waals surface area contributed by atoms with Gasteiger partial charge in [0.25, 0.3) is 0 Å². The third-order valence-electron chi connectivity index (χ3n) is 0.884. The molecule has 0 aromatic carbocycles. The minimum absolute atomic E-state index is 0.200. The Balaban J connectivity index is 3.83. The van der Waals surface area contributed by atoms with Gasteiger partial charge in [-0.05, 0) is 6.92 Å². The van der Waals surface area contributed by atoms with Gasteiger partial charge in [0.05, 0.1) is 0 Å². The molecule has 0 amide bonds. The van der Waals surface area contributed by atoms with Crippen molar-refractivity contribution in [3.8, 4) is 0 Å². The van der Waals surface area contributed by atoms with Crippen LogP contribution in [-0.2, 0) is 14.2 Å². The molecule has 0 spiro atoms. The summed E-state index contributed by atoms with van der Waals surface area (Å²) < 4.78 is 36.7. The first kappa shape index (κ1) is 11.2. The van der Waals surface area contributed by atoms with E-state index in [0.29, 0.717) is 0 Å². The number of hydrogen-bond acceptors (Lipinski definition) is 4. The molecule has 0 aliphatic rings. The maximum atomic E-state index is 12.3. The summed E-state index contributed by atoms with van der Waals surface area (Å²) in [6.07, 6.45) is -4.88. The Morgan fingerprint density at radius 1 is 1.50 bits per heavy atom. The van der Waals surface area contributed by atoms with Gasteiger partial charge in [0.2, 0.25) is 6.29 Å². The molecule has 0 saturated carbocycles. The van der Waals surface area contributed by atoms with Crippen molar-refractivity contribution < 1.29 is 23.0 Å². The normalized spacial score (nSPS) is 14.1. The zero-order valence-corrected chi connectivity index (χ0v) is 7.06. The standard InChI is InChI=1S/C6H11F2NO3/c1-4(9)11-5(2)12-6(7,8)10-3/h5,9H,1-3H3. The van der Waals surface area contributed by atoms with Gasteiger partial charge in [-0.25, -0.2) is 0 Å². The van der Waals surface area contributed by atoms with Gasteiger partial charge in [0, 0.05) is 14.0 Å². The van der Waals surface area contributed by atoms with Gasteiger partial charge in [0.1, 0.15) is 0 Å². The van der Waals surface area contributed by atoms with Crippen LogP contribution in [0.25, 0.3) is 0 Å². The first-order valence-corrected chi connectivity index (χ1v) is 3.20. The smallest absolute Gasteiger partial charge is 0.453 e. The van der Waals surface area contributed by atoms with Crippen molar-refractivity contribution in [2.24, 2.45) is 0 Å². The van der Waals surface area contributed by atoms with E-state index in [-0.39, 0.29) is 5.90 Å². The van der Waals surface area contributed by atoms with Crippen molar-refractivity contribution in [3.05, 3.63) is 0 Å².